The smallest absolute Gasteiger partial charge is 0.337 e. The maximum Gasteiger partial charge on any atom is 0.337 e. The van der Waals surface area contributed by atoms with E-state index in [-0.39, 0.29) is 18.5 Å². The van der Waals surface area contributed by atoms with Gasteiger partial charge in [-0.3, -0.25) is 9.69 Å². The molecule has 0 aliphatic carbocycles. The maximum atomic E-state index is 13.5. The van der Waals surface area contributed by atoms with Crippen LogP contribution in [0.4, 0.5) is 4.79 Å². The van der Waals surface area contributed by atoms with Crippen LogP contribution in [0.15, 0.2) is 90.3 Å². The van der Waals surface area contributed by atoms with Crippen molar-refractivity contribution >= 4 is 29.2 Å². The van der Waals surface area contributed by atoms with E-state index >= 15 is 0 Å². The molecule has 1 fully saturated rings. The molecule has 1 unspecified atom stereocenters. The van der Waals surface area contributed by atoms with Gasteiger partial charge in [-0.2, -0.15) is 0 Å². The summed E-state index contributed by atoms with van der Waals surface area (Å²) in [6, 6.07) is 25.0. The Hall–Kier alpha value is -4.30. The highest BCUT2D eigenvalue weighted by Gasteiger charge is 2.45. The van der Waals surface area contributed by atoms with E-state index in [1.165, 1.54) is 23.3 Å². The van der Waals surface area contributed by atoms with E-state index < -0.39 is 12.0 Å². The lowest BCUT2D eigenvalue weighted by Gasteiger charge is -2.22. The number of carbonyl (C=O) groups excluding carboxylic acids is 3. The number of carbonyl (C=O) groups is 3. The number of methoxy groups -OCH3 is 1. The van der Waals surface area contributed by atoms with Gasteiger partial charge in [0.1, 0.15) is 11.0 Å². The summed E-state index contributed by atoms with van der Waals surface area (Å²) >= 11 is 1.42. The van der Waals surface area contributed by atoms with E-state index in [4.69, 9.17) is 4.74 Å². The van der Waals surface area contributed by atoms with Crippen LogP contribution in [-0.4, -0.2) is 39.8 Å². The number of ether oxygens (including phenoxy) is 1. The van der Waals surface area contributed by atoms with Gasteiger partial charge in [0.25, 0.3) is 5.91 Å². The Morgan fingerprint density at radius 2 is 1.58 bits per heavy atom. The van der Waals surface area contributed by atoms with Gasteiger partial charge in [0.05, 0.1) is 24.9 Å². The number of thiazole rings is 1. The first-order chi connectivity index (χ1) is 17.5. The summed E-state index contributed by atoms with van der Waals surface area (Å²) in [5, 5.41) is 2.59. The van der Waals surface area contributed by atoms with Gasteiger partial charge < -0.3 is 9.64 Å². The molecule has 3 aromatic carbocycles. The summed E-state index contributed by atoms with van der Waals surface area (Å²) in [6.45, 7) is 0.416. The van der Waals surface area contributed by atoms with Crippen LogP contribution in [0.25, 0.3) is 10.6 Å². The fourth-order valence-electron chi connectivity index (χ4n) is 4.22. The van der Waals surface area contributed by atoms with Crippen molar-refractivity contribution < 1.29 is 19.1 Å². The molecule has 1 aromatic heterocycles. The molecule has 0 saturated carbocycles. The molecule has 4 aromatic rings. The Labute approximate surface area is 212 Å². The largest absolute Gasteiger partial charge is 0.465 e. The Morgan fingerprint density at radius 3 is 2.25 bits per heavy atom. The van der Waals surface area contributed by atoms with Crippen LogP contribution in [-0.2, 0) is 22.6 Å². The second-order valence-electron chi connectivity index (χ2n) is 8.35. The summed E-state index contributed by atoms with van der Waals surface area (Å²) in [6.07, 6.45) is 0. The van der Waals surface area contributed by atoms with Crippen molar-refractivity contribution in [2.24, 2.45) is 0 Å². The molecule has 8 heteroatoms. The zero-order chi connectivity index (χ0) is 25.1. The lowest BCUT2D eigenvalue weighted by molar-refractivity contribution is -0.129. The minimum Gasteiger partial charge on any atom is -0.465 e. The number of benzene rings is 3. The average Bonchev–Trinajstić information content (AvgIpc) is 3.48. The minimum absolute atomic E-state index is 0.0863. The number of hydrogen-bond donors (Lipinski definition) is 0. The topological polar surface area (TPSA) is 79.8 Å². The third-order valence-electron chi connectivity index (χ3n) is 6.02. The second-order valence-corrected chi connectivity index (χ2v) is 9.20. The van der Waals surface area contributed by atoms with Gasteiger partial charge in [0.15, 0.2) is 0 Å². The maximum absolute atomic E-state index is 13.5. The molecule has 0 spiro atoms. The van der Waals surface area contributed by atoms with Crippen molar-refractivity contribution in [2.45, 2.75) is 19.1 Å². The molecular weight excluding hydrogens is 474 g/mol. The van der Waals surface area contributed by atoms with Crippen LogP contribution >= 0.6 is 11.3 Å². The van der Waals surface area contributed by atoms with Crippen molar-refractivity contribution in [2.75, 3.05) is 7.11 Å². The lowest BCUT2D eigenvalue weighted by Crippen LogP contribution is -2.32. The molecule has 0 bridgehead atoms. The Balaban J connectivity index is 1.39. The van der Waals surface area contributed by atoms with Crippen LogP contribution < -0.4 is 0 Å². The van der Waals surface area contributed by atoms with Crippen molar-refractivity contribution in [1.29, 1.82) is 0 Å². The van der Waals surface area contributed by atoms with Crippen molar-refractivity contribution in [3.63, 3.8) is 0 Å². The fourth-order valence-corrected chi connectivity index (χ4v) is 5.04. The molecule has 1 saturated heterocycles. The zero-order valence-electron chi connectivity index (χ0n) is 19.5. The fraction of sp³-hybridized carbons (Fsp3) is 0.143. The molecule has 5 rings (SSSR count). The molecule has 180 valence electrons. The molecule has 3 amide bonds. The van der Waals surface area contributed by atoms with Crippen LogP contribution in [0.1, 0.15) is 33.2 Å². The highest BCUT2D eigenvalue weighted by atomic mass is 32.1. The average molecular weight is 498 g/mol. The number of amides is 3. The van der Waals surface area contributed by atoms with Gasteiger partial charge in [0, 0.05) is 17.5 Å². The van der Waals surface area contributed by atoms with Gasteiger partial charge in [0.2, 0.25) is 0 Å². The van der Waals surface area contributed by atoms with Gasteiger partial charge >= 0.3 is 12.0 Å². The zero-order valence-corrected chi connectivity index (χ0v) is 20.4. The molecule has 1 aliphatic rings. The van der Waals surface area contributed by atoms with Crippen LogP contribution in [0.2, 0.25) is 0 Å². The summed E-state index contributed by atoms with van der Waals surface area (Å²) in [4.78, 5) is 46.2. The number of urea groups is 1. The van der Waals surface area contributed by atoms with E-state index in [9.17, 15) is 14.4 Å². The third-order valence-corrected chi connectivity index (χ3v) is 6.96. The van der Waals surface area contributed by atoms with Crippen molar-refractivity contribution in [1.82, 2.24) is 14.8 Å². The Morgan fingerprint density at radius 1 is 0.917 bits per heavy atom. The Kier molecular flexibility index (Phi) is 6.60. The third kappa shape index (κ3) is 4.63. The molecule has 0 radical (unpaired) electrons. The normalized spacial score (nSPS) is 15.4. The molecule has 36 heavy (non-hydrogen) atoms. The highest BCUT2D eigenvalue weighted by molar-refractivity contribution is 7.13. The minimum atomic E-state index is -0.692. The number of aromatic nitrogens is 1. The first-order valence-electron chi connectivity index (χ1n) is 11.4. The SMILES string of the molecule is COC(=O)c1ccc(-c2nc(CN3C(=O)C(c4ccccc4)N(Cc4ccccc4)C3=O)cs2)cc1. The van der Waals surface area contributed by atoms with Gasteiger partial charge in [-0.15, -0.1) is 11.3 Å². The molecule has 2 heterocycles. The van der Waals surface area contributed by atoms with E-state index in [2.05, 4.69) is 4.98 Å². The van der Waals surface area contributed by atoms with Gasteiger partial charge in [-0.25, -0.2) is 14.6 Å². The number of nitrogens with zero attached hydrogens (tertiary/aromatic N) is 3. The Bertz CT molecular complexity index is 1390. The standard InChI is InChI=1S/C28H23N3O4S/c1-35-27(33)22-14-12-21(13-15-22)25-29-23(18-36-25)17-31-26(32)24(20-10-6-3-7-11-20)30(28(31)34)16-19-8-4-2-5-9-19/h2-15,18,24H,16-17H2,1H3. The summed E-state index contributed by atoms with van der Waals surface area (Å²) < 4.78 is 4.74. The predicted molar refractivity (Wildman–Crippen MR) is 136 cm³/mol. The van der Waals surface area contributed by atoms with E-state index in [1.807, 2.05) is 66.0 Å². The first-order valence-corrected chi connectivity index (χ1v) is 12.3. The molecular formula is C28H23N3O4S. The molecule has 7 nitrogen and oxygen atoms in total. The summed E-state index contributed by atoms with van der Waals surface area (Å²) in [7, 11) is 1.34. The molecule has 1 atom stereocenters. The molecule has 1 aliphatic heterocycles. The lowest BCUT2D eigenvalue weighted by atomic mass is 10.1. The summed E-state index contributed by atoms with van der Waals surface area (Å²) in [5.74, 6) is -0.667. The van der Waals surface area contributed by atoms with Crippen molar-refractivity contribution in [3.05, 3.63) is 113 Å². The monoisotopic (exact) mass is 497 g/mol. The number of imide groups is 1. The second kappa shape index (κ2) is 10.1. The van der Waals surface area contributed by atoms with E-state index in [0.29, 0.717) is 17.8 Å². The van der Waals surface area contributed by atoms with E-state index in [1.54, 1.807) is 29.2 Å². The van der Waals surface area contributed by atoms with Crippen LogP contribution in [0, 0.1) is 0 Å². The molecule has 0 N–H and O–H groups in total. The van der Waals surface area contributed by atoms with Crippen LogP contribution in [0.3, 0.4) is 0 Å². The highest BCUT2D eigenvalue weighted by Crippen LogP contribution is 2.34. The van der Waals surface area contributed by atoms with Gasteiger partial charge in [-0.1, -0.05) is 72.8 Å². The first kappa shape index (κ1) is 23.4. The van der Waals surface area contributed by atoms with E-state index in [0.717, 1.165) is 21.7 Å². The quantitative estimate of drug-likeness (QED) is 0.256. The predicted octanol–water partition coefficient (Wildman–Crippen LogP) is 5.30. The van der Waals surface area contributed by atoms with Crippen molar-refractivity contribution in [3.8, 4) is 10.6 Å². The number of esters is 1. The number of hydrogen-bond acceptors (Lipinski definition) is 6. The van der Waals surface area contributed by atoms with Gasteiger partial charge in [-0.05, 0) is 23.3 Å². The number of rotatable bonds is 7. The summed E-state index contributed by atoms with van der Waals surface area (Å²) in [5.41, 5.74) is 3.65. The van der Waals surface area contributed by atoms with Crippen LogP contribution in [0.5, 0.6) is 0 Å².